The fourth-order valence-corrected chi connectivity index (χ4v) is 3.31. The van der Waals surface area contributed by atoms with Crippen LogP contribution in [0.5, 0.6) is 5.75 Å². The van der Waals surface area contributed by atoms with Crippen molar-refractivity contribution < 1.29 is 19.1 Å². The molecule has 152 valence electrons. The van der Waals surface area contributed by atoms with Crippen LogP contribution in [-0.4, -0.2) is 44.1 Å². The summed E-state index contributed by atoms with van der Waals surface area (Å²) in [7, 11) is 3.50. The largest absolute Gasteiger partial charge is 0.497 e. The van der Waals surface area contributed by atoms with E-state index in [1.807, 2.05) is 67.5 Å². The number of amides is 1. The van der Waals surface area contributed by atoms with Gasteiger partial charge in [-0.2, -0.15) is 0 Å². The molecule has 0 fully saturated rings. The third-order valence-corrected chi connectivity index (χ3v) is 4.90. The number of esters is 1. The number of benzene rings is 2. The first-order chi connectivity index (χ1) is 14.0. The molecule has 0 spiro atoms. The maximum absolute atomic E-state index is 12.5. The van der Waals surface area contributed by atoms with Crippen LogP contribution in [-0.2, 0) is 14.3 Å². The molecule has 2 aromatic carbocycles. The summed E-state index contributed by atoms with van der Waals surface area (Å²) in [5.74, 6) is -0.103. The summed E-state index contributed by atoms with van der Waals surface area (Å²) in [6.45, 7) is 2.23. The van der Waals surface area contributed by atoms with Crippen LogP contribution in [0.2, 0.25) is 0 Å². The van der Waals surface area contributed by atoms with Crippen molar-refractivity contribution in [3.8, 4) is 5.75 Å². The van der Waals surface area contributed by atoms with Crippen molar-refractivity contribution in [1.29, 1.82) is 0 Å². The lowest BCUT2D eigenvalue weighted by atomic mass is 9.95. The van der Waals surface area contributed by atoms with Crippen molar-refractivity contribution in [2.75, 3.05) is 27.3 Å². The topological polar surface area (TPSA) is 67.9 Å². The van der Waals surface area contributed by atoms with Gasteiger partial charge in [0.25, 0.3) is 0 Å². The van der Waals surface area contributed by atoms with E-state index in [4.69, 9.17) is 9.47 Å². The molecule has 1 aliphatic rings. The van der Waals surface area contributed by atoms with E-state index in [9.17, 15) is 9.59 Å². The number of carbonyl (C=O) groups is 2. The lowest BCUT2D eigenvalue weighted by Crippen LogP contribution is -2.30. The molecule has 1 N–H and O–H groups in total. The molecule has 2 aromatic rings. The van der Waals surface area contributed by atoms with E-state index in [0.717, 1.165) is 22.1 Å². The first kappa shape index (κ1) is 20.5. The van der Waals surface area contributed by atoms with Crippen LogP contribution in [0, 0.1) is 0 Å². The number of fused-ring (bicyclic) bond motifs is 1. The molecule has 1 heterocycles. The number of nitrogens with zero attached hydrogens (tertiary/aromatic N) is 1. The minimum absolute atomic E-state index is 0.131. The number of carbonyl (C=O) groups excluding carboxylic acids is 2. The zero-order valence-electron chi connectivity index (χ0n) is 17.0. The van der Waals surface area contributed by atoms with Gasteiger partial charge in [-0.1, -0.05) is 30.3 Å². The number of allylic oxidation sites excluding steroid dienone is 1. The molecule has 3 rings (SSSR count). The highest BCUT2D eigenvalue weighted by atomic mass is 16.5. The Morgan fingerprint density at radius 1 is 1.24 bits per heavy atom. The van der Waals surface area contributed by atoms with E-state index in [1.54, 1.807) is 13.3 Å². The SMILES string of the molecule is COc1ccc2c(C(C)C(=O)OCCNC(=O)C3=CN(C)C=CC3)cccc2c1. The molecule has 1 unspecified atom stereocenters. The highest BCUT2D eigenvalue weighted by Gasteiger charge is 2.19. The minimum Gasteiger partial charge on any atom is -0.497 e. The third-order valence-electron chi connectivity index (χ3n) is 4.90. The van der Waals surface area contributed by atoms with Crippen LogP contribution < -0.4 is 10.1 Å². The maximum atomic E-state index is 12.5. The summed E-state index contributed by atoms with van der Waals surface area (Å²) >= 11 is 0. The fraction of sp³-hybridized carbons (Fsp3) is 0.304. The lowest BCUT2D eigenvalue weighted by Gasteiger charge is -2.17. The van der Waals surface area contributed by atoms with Gasteiger partial charge in [-0.3, -0.25) is 9.59 Å². The first-order valence-corrected chi connectivity index (χ1v) is 9.60. The molecule has 6 nitrogen and oxygen atoms in total. The summed E-state index contributed by atoms with van der Waals surface area (Å²) in [5.41, 5.74) is 1.59. The molecule has 1 amide bonds. The Hall–Kier alpha value is -3.28. The minimum atomic E-state index is -0.414. The third kappa shape index (κ3) is 4.96. The number of ether oxygens (including phenoxy) is 2. The maximum Gasteiger partial charge on any atom is 0.313 e. The summed E-state index contributed by atoms with van der Waals surface area (Å²) in [5, 5.41) is 4.79. The van der Waals surface area contributed by atoms with Gasteiger partial charge in [0.2, 0.25) is 5.91 Å². The van der Waals surface area contributed by atoms with E-state index in [0.29, 0.717) is 12.0 Å². The quantitative estimate of drug-likeness (QED) is 0.576. The number of nitrogens with one attached hydrogen (secondary N) is 1. The summed E-state index contributed by atoms with van der Waals surface area (Å²) in [4.78, 5) is 26.5. The van der Waals surface area contributed by atoms with Crippen LogP contribution in [0.1, 0.15) is 24.8 Å². The normalized spacial score (nSPS) is 14.3. The highest BCUT2D eigenvalue weighted by molar-refractivity contribution is 5.94. The van der Waals surface area contributed by atoms with Crippen molar-refractivity contribution in [2.45, 2.75) is 19.3 Å². The molecular formula is C23H26N2O4. The first-order valence-electron chi connectivity index (χ1n) is 9.60. The number of methoxy groups -OCH3 is 1. The molecule has 0 aliphatic carbocycles. The van der Waals surface area contributed by atoms with Crippen molar-refractivity contribution in [3.63, 3.8) is 0 Å². The molecule has 0 saturated carbocycles. The Morgan fingerprint density at radius 3 is 2.83 bits per heavy atom. The summed E-state index contributed by atoms with van der Waals surface area (Å²) in [6.07, 6.45) is 6.22. The monoisotopic (exact) mass is 394 g/mol. The molecular weight excluding hydrogens is 368 g/mol. The summed E-state index contributed by atoms with van der Waals surface area (Å²) in [6, 6.07) is 11.6. The van der Waals surface area contributed by atoms with E-state index in [-0.39, 0.29) is 25.0 Å². The average Bonchev–Trinajstić information content (AvgIpc) is 2.75. The van der Waals surface area contributed by atoms with Gasteiger partial charge in [-0.15, -0.1) is 0 Å². The second kappa shape index (κ2) is 9.28. The fourth-order valence-electron chi connectivity index (χ4n) is 3.31. The molecule has 1 aliphatic heterocycles. The zero-order valence-corrected chi connectivity index (χ0v) is 17.0. The smallest absolute Gasteiger partial charge is 0.313 e. The Kier molecular flexibility index (Phi) is 6.54. The Morgan fingerprint density at radius 2 is 2.07 bits per heavy atom. The van der Waals surface area contributed by atoms with Gasteiger partial charge in [0.15, 0.2) is 0 Å². The van der Waals surface area contributed by atoms with Crippen LogP contribution in [0.15, 0.2) is 60.4 Å². The standard InChI is InChI=1S/C23H26N2O4/c1-16(20-8-4-6-17-14-19(28-3)9-10-21(17)20)23(27)29-13-11-24-22(26)18-7-5-12-25(2)15-18/h4-6,8-10,12,14-16H,7,11,13H2,1-3H3,(H,24,26). The molecule has 0 bridgehead atoms. The molecule has 0 saturated heterocycles. The Labute approximate surface area is 170 Å². The van der Waals surface area contributed by atoms with E-state index in [1.165, 1.54) is 0 Å². The van der Waals surface area contributed by atoms with Gasteiger partial charge in [0.1, 0.15) is 12.4 Å². The van der Waals surface area contributed by atoms with E-state index in [2.05, 4.69) is 5.32 Å². The molecule has 29 heavy (non-hydrogen) atoms. The van der Waals surface area contributed by atoms with Crippen LogP contribution >= 0.6 is 0 Å². The van der Waals surface area contributed by atoms with Crippen LogP contribution in [0.25, 0.3) is 10.8 Å². The Balaban J connectivity index is 1.55. The van der Waals surface area contributed by atoms with Crippen molar-refractivity contribution >= 4 is 22.6 Å². The highest BCUT2D eigenvalue weighted by Crippen LogP contribution is 2.29. The second-order valence-electron chi connectivity index (χ2n) is 6.99. The Bertz CT molecular complexity index is 965. The van der Waals surface area contributed by atoms with Crippen molar-refractivity contribution in [3.05, 3.63) is 66.0 Å². The number of rotatable bonds is 7. The zero-order chi connectivity index (χ0) is 20.8. The van der Waals surface area contributed by atoms with Gasteiger partial charge in [0.05, 0.1) is 19.6 Å². The molecule has 6 heteroatoms. The number of hydrogen-bond acceptors (Lipinski definition) is 5. The van der Waals surface area contributed by atoms with Gasteiger partial charge >= 0.3 is 5.97 Å². The second-order valence-corrected chi connectivity index (χ2v) is 6.99. The number of hydrogen-bond donors (Lipinski definition) is 1. The average molecular weight is 394 g/mol. The van der Waals surface area contributed by atoms with Crippen LogP contribution in [0.3, 0.4) is 0 Å². The lowest BCUT2D eigenvalue weighted by molar-refractivity contribution is -0.145. The van der Waals surface area contributed by atoms with E-state index >= 15 is 0 Å². The van der Waals surface area contributed by atoms with E-state index < -0.39 is 5.92 Å². The van der Waals surface area contributed by atoms with Crippen molar-refractivity contribution in [1.82, 2.24) is 10.2 Å². The predicted molar refractivity (Wildman–Crippen MR) is 112 cm³/mol. The van der Waals surface area contributed by atoms with Crippen LogP contribution in [0.4, 0.5) is 0 Å². The molecule has 0 radical (unpaired) electrons. The summed E-state index contributed by atoms with van der Waals surface area (Å²) < 4.78 is 10.7. The van der Waals surface area contributed by atoms with Gasteiger partial charge in [0, 0.05) is 18.8 Å². The van der Waals surface area contributed by atoms with Gasteiger partial charge < -0.3 is 19.7 Å². The van der Waals surface area contributed by atoms with Gasteiger partial charge in [-0.25, -0.2) is 0 Å². The molecule has 0 aromatic heterocycles. The molecule has 1 atom stereocenters. The van der Waals surface area contributed by atoms with Gasteiger partial charge in [-0.05, 0) is 48.0 Å². The van der Waals surface area contributed by atoms with Crippen molar-refractivity contribution in [2.24, 2.45) is 0 Å². The predicted octanol–water partition coefficient (Wildman–Crippen LogP) is 3.34.